The van der Waals surface area contributed by atoms with Crippen LogP contribution in [-0.2, 0) is 6.42 Å². The summed E-state index contributed by atoms with van der Waals surface area (Å²) in [6.45, 7) is 2.14. The molecule has 0 saturated heterocycles. The van der Waals surface area contributed by atoms with E-state index in [1.54, 1.807) is 6.07 Å². The van der Waals surface area contributed by atoms with Gasteiger partial charge in [0, 0.05) is 5.69 Å². The Labute approximate surface area is 77.7 Å². The number of aromatic nitrogens is 2. The van der Waals surface area contributed by atoms with Gasteiger partial charge in [0.1, 0.15) is 6.20 Å². The third-order valence-corrected chi connectivity index (χ3v) is 1.91. The van der Waals surface area contributed by atoms with E-state index in [1.807, 2.05) is 0 Å². The average Bonchev–Trinajstić information content (AvgIpc) is 2.53. The van der Waals surface area contributed by atoms with Crippen molar-refractivity contribution in [3.8, 4) is 0 Å². The third-order valence-electron chi connectivity index (χ3n) is 1.91. The van der Waals surface area contributed by atoms with Crippen LogP contribution < -0.4 is 5.73 Å². The van der Waals surface area contributed by atoms with Crippen LogP contribution in [0, 0.1) is 6.20 Å². The zero-order chi connectivity index (χ0) is 9.68. The minimum absolute atomic E-state index is 0.534. The number of aryl methyl sites for hydroxylation is 1. The first-order valence-electron chi connectivity index (χ1n) is 4.50. The van der Waals surface area contributed by atoms with E-state index >= 15 is 0 Å². The number of unbranched alkanes of at least 4 members (excludes halogenated alkanes) is 2. The Morgan fingerprint density at radius 1 is 1.69 bits per heavy atom. The zero-order valence-electron chi connectivity index (χ0n) is 7.79. The van der Waals surface area contributed by atoms with E-state index in [0.717, 1.165) is 31.4 Å². The van der Waals surface area contributed by atoms with Crippen molar-refractivity contribution in [3.63, 3.8) is 0 Å². The summed E-state index contributed by atoms with van der Waals surface area (Å²) in [6, 6.07) is 1.17. The van der Waals surface area contributed by atoms with E-state index in [2.05, 4.69) is 18.2 Å². The first-order chi connectivity index (χ1) is 6.25. The molecule has 13 heavy (non-hydrogen) atoms. The molecule has 0 aliphatic heterocycles. The molecule has 1 amide bonds. The van der Waals surface area contributed by atoms with E-state index in [1.165, 1.54) is 4.68 Å². The summed E-state index contributed by atoms with van der Waals surface area (Å²) in [7, 11) is 0. The van der Waals surface area contributed by atoms with Gasteiger partial charge in [-0.1, -0.05) is 19.8 Å². The largest absolute Gasteiger partial charge is 0.350 e. The minimum atomic E-state index is -0.534. The molecule has 1 heterocycles. The lowest BCUT2D eigenvalue weighted by Gasteiger charge is -2.01. The van der Waals surface area contributed by atoms with E-state index in [4.69, 9.17) is 5.73 Å². The second kappa shape index (κ2) is 4.64. The SMILES string of the molecule is CCCCCc1c[c]nn1C(N)=O. The lowest BCUT2D eigenvalue weighted by molar-refractivity contribution is 0.247. The smallest absolute Gasteiger partial charge is 0.339 e. The molecule has 0 fully saturated rings. The molecule has 0 aromatic carbocycles. The maximum Gasteiger partial charge on any atom is 0.339 e. The van der Waals surface area contributed by atoms with Crippen LogP contribution in [0.5, 0.6) is 0 Å². The summed E-state index contributed by atoms with van der Waals surface area (Å²) in [5.74, 6) is 0. The van der Waals surface area contributed by atoms with E-state index in [0.29, 0.717) is 0 Å². The van der Waals surface area contributed by atoms with Crippen molar-refractivity contribution >= 4 is 6.03 Å². The van der Waals surface area contributed by atoms with Gasteiger partial charge in [-0.05, 0) is 18.9 Å². The Hall–Kier alpha value is -1.32. The molecule has 1 radical (unpaired) electrons. The summed E-state index contributed by atoms with van der Waals surface area (Å²) in [6.07, 6.45) is 6.84. The standard InChI is InChI=1S/C9H14N3O/c1-2-3-4-5-8-6-7-11-12(8)9(10)13/h6H,2-5H2,1H3,(H2,10,13). The number of amides is 1. The number of primary amides is 1. The van der Waals surface area contributed by atoms with Crippen molar-refractivity contribution in [2.24, 2.45) is 5.73 Å². The molecule has 0 aliphatic rings. The fraction of sp³-hybridized carbons (Fsp3) is 0.556. The van der Waals surface area contributed by atoms with Crippen LogP contribution in [0.15, 0.2) is 6.07 Å². The van der Waals surface area contributed by atoms with Gasteiger partial charge in [0.15, 0.2) is 0 Å². The quantitative estimate of drug-likeness (QED) is 0.711. The fourth-order valence-electron chi connectivity index (χ4n) is 1.21. The summed E-state index contributed by atoms with van der Waals surface area (Å²) < 4.78 is 1.20. The van der Waals surface area contributed by atoms with Crippen molar-refractivity contribution in [1.82, 2.24) is 9.78 Å². The molecule has 71 valence electrons. The van der Waals surface area contributed by atoms with Crippen molar-refractivity contribution in [2.45, 2.75) is 32.6 Å². The molecule has 0 saturated carbocycles. The van der Waals surface area contributed by atoms with E-state index in [-0.39, 0.29) is 0 Å². The van der Waals surface area contributed by atoms with Gasteiger partial charge < -0.3 is 5.73 Å². The van der Waals surface area contributed by atoms with Gasteiger partial charge in [-0.15, -0.1) is 0 Å². The summed E-state index contributed by atoms with van der Waals surface area (Å²) in [5.41, 5.74) is 5.95. The number of carbonyl (C=O) groups excluding carboxylic acids is 1. The molecule has 0 atom stereocenters. The van der Waals surface area contributed by atoms with E-state index < -0.39 is 6.03 Å². The van der Waals surface area contributed by atoms with Crippen LogP contribution in [0.25, 0.3) is 0 Å². The number of carbonyl (C=O) groups is 1. The molecule has 4 heteroatoms. The van der Waals surface area contributed by atoms with Gasteiger partial charge in [0.05, 0.1) is 0 Å². The number of nitrogens with two attached hydrogens (primary N) is 1. The summed E-state index contributed by atoms with van der Waals surface area (Å²) >= 11 is 0. The monoisotopic (exact) mass is 180 g/mol. The highest BCUT2D eigenvalue weighted by molar-refractivity contribution is 5.74. The lowest BCUT2D eigenvalue weighted by Crippen LogP contribution is -2.22. The van der Waals surface area contributed by atoms with Crippen LogP contribution in [0.3, 0.4) is 0 Å². The highest BCUT2D eigenvalue weighted by atomic mass is 16.2. The minimum Gasteiger partial charge on any atom is -0.350 e. The first kappa shape index (κ1) is 9.77. The van der Waals surface area contributed by atoms with Gasteiger partial charge >= 0.3 is 6.03 Å². The predicted octanol–water partition coefficient (Wildman–Crippen LogP) is 1.34. The Morgan fingerprint density at radius 2 is 2.46 bits per heavy atom. The van der Waals surface area contributed by atoms with Crippen molar-refractivity contribution in [3.05, 3.63) is 18.0 Å². The Balaban J connectivity index is 2.55. The molecular formula is C9H14N3O. The Morgan fingerprint density at radius 3 is 3.08 bits per heavy atom. The molecule has 1 rings (SSSR count). The molecule has 0 bridgehead atoms. The molecular weight excluding hydrogens is 166 g/mol. The van der Waals surface area contributed by atoms with Gasteiger partial charge in [0.25, 0.3) is 0 Å². The van der Waals surface area contributed by atoms with Crippen LogP contribution in [-0.4, -0.2) is 15.8 Å². The summed E-state index contributed by atoms with van der Waals surface area (Å²) in [4.78, 5) is 10.8. The van der Waals surface area contributed by atoms with Crippen molar-refractivity contribution < 1.29 is 4.79 Å². The normalized spacial score (nSPS) is 10.2. The number of hydrogen-bond donors (Lipinski definition) is 1. The van der Waals surface area contributed by atoms with Gasteiger partial charge in [0.2, 0.25) is 0 Å². The fourth-order valence-corrected chi connectivity index (χ4v) is 1.21. The second-order valence-electron chi connectivity index (χ2n) is 2.97. The maximum atomic E-state index is 10.8. The third kappa shape index (κ3) is 2.57. The lowest BCUT2D eigenvalue weighted by atomic mass is 10.1. The molecule has 4 nitrogen and oxygen atoms in total. The van der Waals surface area contributed by atoms with E-state index in [9.17, 15) is 4.79 Å². The van der Waals surface area contributed by atoms with Gasteiger partial charge in [-0.25, -0.2) is 4.79 Å². The maximum absolute atomic E-state index is 10.8. The molecule has 1 aromatic heterocycles. The first-order valence-corrected chi connectivity index (χ1v) is 4.50. The van der Waals surface area contributed by atoms with Crippen LogP contribution in [0.1, 0.15) is 31.9 Å². The number of hydrogen-bond acceptors (Lipinski definition) is 2. The van der Waals surface area contributed by atoms with Crippen molar-refractivity contribution in [2.75, 3.05) is 0 Å². The molecule has 2 N–H and O–H groups in total. The van der Waals surface area contributed by atoms with Gasteiger partial charge in [-0.2, -0.15) is 9.78 Å². The molecule has 1 aromatic rings. The number of nitrogens with zero attached hydrogens (tertiary/aromatic N) is 2. The van der Waals surface area contributed by atoms with Crippen LogP contribution in [0.4, 0.5) is 4.79 Å². The second-order valence-corrected chi connectivity index (χ2v) is 2.97. The van der Waals surface area contributed by atoms with Crippen LogP contribution in [0.2, 0.25) is 0 Å². The average molecular weight is 180 g/mol. The van der Waals surface area contributed by atoms with Crippen molar-refractivity contribution in [1.29, 1.82) is 0 Å². The van der Waals surface area contributed by atoms with Crippen LogP contribution >= 0.6 is 0 Å². The highest BCUT2D eigenvalue weighted by Crippen LogP contribution is 2.05. The topological polar surface area (TPSA) is 60.9 Å². The predicted molar refractivity (Wildman–Crippen MR) is 49.3 cm³/mol. The number of rotatable bonds is 4. The zero-order valence-corrected chi connectivity index (χ0v) is 7.79. The Bertz CT molecular complexity index is 280. The van der Waals surface area contributed by atoms with Gasteiger partial charge in [-0.3, -0.25) is 0 Å². The molecule has 0 aliphatic carbocycles. The highest BCUT2D eigenvalue weighted by Gasteiger charge is 2.05. The Kier molecular flexibility index (Phi) is 3.49. The molecule has 0 spiro atoms. The molecule has 0 unspecified atom stereocenters. The summed E-state index contributed by atoms with van der Waals surface area (Å²) in [5, 5.41) is 3.71.